The van der Waals surface area contributed by atoms with Gasteiger partial charge in [-0.3, -0.25) is 9.59 Å². The molecule has 4 nitrogen and oxygen atoms in total. The molecule has 1 N–H and O–H groups in total. The van der Waals surface area contributed by atoms with Gasteiger partial charge in [-0.15, -0.1) is 0 Å². The van der Waals surface area contributed by atoms with E-state index in [1.807, 2.05) is 24.3 Å². The van der Waals surface area contributed by atoms with Gasteiger partial charge >= 0.3 is 0 Å². The molecule has 2 rings (SSSR count). The number of hydrogen-bond acceptors (Lipinski definition) is 2. The third kappa shape index (κ3) is 3.82. The van der Waals surface area contributed by atoms with Gasteiger partial charge in [0.05, 0.1) is 5.92 Å². The Balaban J connectivity index is 1.90. The molecule has 1 fully saturated rings. The molecular weight excluding hydrogens is 320 g/mol. The van der Waals surface area contributed by atoms with Crippen LogP contribution < -0.4 is 5.32 Å². The van der Waals surface area contributed by atoms with Crippen LogP contribution in [0.5, 0.6) is 0 Å². The number of carbonyl (C=O) groups is 2. The van der Waals surface area contributed by atoms with Crippen molar-refractivity contribution < 1.29 is 9.59 Å². The van der Waals surface area contributed by atoms with Gasteiger partial charge in [-0.1, -0.05) is 29.3 Å². The summed E-state index contributed by atoms with van der Waals surface area (Å²) in [5, 5.41) is 2.87. The summed E-state index contributed by atoms with van der Waals surface area (Å²) in [6, 6.07) is 7.44. The first kappa shape index (κ1) is 15.0. The van der Waals surface area contributed by atoms with Gasteiger partial charge in [-0.2, -0.15) is 0 Å². The lowest BCUT2D eigenvalue weighted by atomic mass is 10.1. The number of likely N-dealkylation sites (tertiary alicyclic amines) is 1. The summed E-state index contributed by atoms with van der Waals surface area (Å²) in [5.74, 6) is -0.211. The van der Waals surface area contributed by atoms with Crippen LogP contribution in [0.25, 0.3) is 0 Å². The van der Waals surface area contributed by atoms with Crippen molar-refractivity contribution in [2.45, 2.75) is 26.2 Å². The molecular formula is C15H19BrN2O2. The number of unbranched alkanes of at least 4 members (excludes halogenated alkanes) is 1. The maximum atomic E-state index is 12.2. The van der Waals surface area contributed by atoms with Gasteiger partial charge in [0.1, 0.15) is 0 Å². The molecule has 1 aromatic rings. The van der Waals surface area contributed by atoms with Crippen molar-refractivity contribution in [3.63, 3.8) is 0 Å². The predicted molar refractivity (Wildman–Crippen MR) is 82.4 cm³/mol. The Morgan fingerprint density at radius 3 is 2.75 bits per heavy atom. The summed E-state index contributed by atoms with van der Waals surface area (Å²) < 4.78 is 0.970. The fourth-order valence-electron chi connectivity index (χ4n) is 2.29. The Morgan fingerprint density at radius 2 is 2.10 bits per heavy atom. The van der Waals surface area contributed by atoms with Gasteiger partial charge in [-0.05, 0) is 30.7 Å². The standard InChI is InChI=1S/C15H19BrN2O2/c1-2-3-8-18-10-11(9-14(18)19)15(20)17-13-6-4-12(16)5-7-13/h4-7,11H,2-3,8-10H2,1H3,(H,17,20)/t11-/m1/s1. The minimum atomic E-state index is -0.233. The van der Waals surface area contributed by atoms with Crippen LogP contribution in [-0.2, 0) is 9.59 Å². The molecule has 0 aliphatic carbocycles. The second kappa shape index (κ2) is 6.88. The number of nitrogens with zero attached hydrogens (tertiary/aromatic N) is 1. The zero-order valence-corrected chi connectivity index (χ0v) is 13.1. The average molecular weight is 339 g/mol. The summed E-state index contributed by atoms with van der Waals surface area (Å²) in [6.07, 6.45) is 2.37. The van der Waals surface area contributed by atoms with E-state index in [0.717, 1.165) is 29.5 Å². The van der Waals surface area contributed by atoms with Gasteiger partial charge < -0.3 is 10.2 Å². The lowest BCUT2D eigenvalue weighted by Crippen LogP contribution is -2.29. The number of hydrogen-bond donors (Lipinski definition) is 1. The Bertz CT molecular complexity index is 487. The molecule has 108 valence electrons. The van der Waals surface area contributed by atoms with Crippen LogP contribution >= 0.6 is 15.9 Å². The zero-order valence-electron chi connectivity index (χ0n) is 11.6. The molecule has 1 saturated heterocycles. The van der Waals surface area contributed by atoms with Crippen molar-refractivity contribution in [3.05, 3.63) is 28.7 Å². The Morgan fingerprint density at radius 1 is 1.40 bits per heavy atom. The maximum absolute atomic E-state index is 12.2. The van der Waals surface area contributed by atoms with E-state index < -0.39 is 0 Å². The number of benzene rings is 1. The lowest BCUT2D eigenvalue weighted by Gasteiger charge is -2.15. The molecule has 0 radical (unpaired) electrons. The van der Waals surface area contributed by atoms with E-state index in [1.54, 1.807) is 4.90 Å². The van der Waals surface area contributed by atoms with Crippen LogP contribution in [0.4, 0.5) is 5.69 Å². The Labute approximate surface area is 127 Å². The highest BCUT2D eigenvalue weighted by atomic mass is 79.9. The topological polar surface area (TPSA) is 49.4 Å². The van der Waals surface area contributed by atoms with Crippen LogP contribution in [0.15, 0.2) is 28.7 Å². The van der Waals surface area contributed by atoms with Gasteiger partial charge in [0, 0.05) is 29.7 Å². The lowest BCUT2D eigenvalue weighted by molar-refractivity contribution is -0.128. The molecule has 0 unspecified atom stereocenters. The van der Waals surface area contributed by atoms with E-state index in [0.29, 0.717) is 13.0 Å². The Hall–Kier alpha value is -1.36. The average Bonchev–Trinajstić information content (AvgIpc) is 2.80. The summed E-state index contributed by atoms with van der Waals surface area (Å²) in [6.45, 7) is 3.40. The van der Waals surface area contributed by atoms with Gasteiger partial charge in [-0.25, -0.2) is 0 Å². The third-order valence-electron chi connectivity index (χ3n) is 3.48. The number of nitrogens with one attached hydrogen (secondary N) is 1. The molecule has 0 saturated carbocycles. The van der Waals surface area contributed by atoms with Crippen molar-refractivity contribution in [3.8, 4) is 0 Å². The van der Waals surface area contributed by atoms with Gasteiger partial charge in [0.15, 0.2) is 0 Å². The van der Waals surface area contributed by atoms with Crippen molar-refractivity contribution >= 4 is 33.4 Å². The molecule has 1 atom stereocenters. The van der Waals surface area contributed by atoms with Crippen molar-refractivity contribution in [2.24, 2.45) is 5.92 Å². The Kier molecular flexibility index (Phi) is 5.17. The molecule has 2 amide bonds. The molecule has 1 aromatic carbocycles. The van der Waals surface area contributed by atoms with Crippen LogP contribution in [-0.4, -0.2) is 29.8 Å². The largest absolute Gasteiger partial charge is 0.342 e. The van der Waals surface area contributed by atoms with Crippen molar-refractivity contribution in [1.29, 1.82) is 0 Å². The van der Waals surface area contributed by atoms with Crippen LogP contribution in [0, 0.1) is 5.92 Å². The number of halogens is 1. The second-order valence-corrected chi connectivity index (χ2v) is 6.01. The van der Waals surface area contributed by atoms with Crippen molar-refractivity contribution in [1.82, 2.24) is 4.90 Å². The second-order valence-electron chi connectivity index (χ2n) is 5.09. The van der Waals surface area contributed by atoms with E-state index >= 15 is 0 Å². The molecule has 0 spiro atoms. The minimum absolute atomic E-state index is 0.0697. The summed E-state index contributed by atoms with van der Waals surface area (Å²) >= 11 is 3.35. The molecule has 1 heterocycles. The summed E-state index contributed by atoms with van der Waals surface area (Å²) in [5.41, 5.74) is 0.762. The van der Waals surface area contributed by atoms with Gasteiger partial charge in [0.25, 0.3) is 0 Å². The molecule has 20 heavy (non-hydrogen) atoms. The van der Waals surface area contributed by atoms with E-state index in [4.69, 9.17) is 0 Å². The quantitative estimate of drug-likeness (QED) is 0.896. The van der Waals surface area contributed by atoms with Crippen LogP contribution in [0.3, 0.4) is 0 Å². The number of rotatable bonds is 5. The molecule has 5 heteroatoms. The molecule has 0 bridgehead atoms. The first-order valence-corrected chi connectivity index (χ1v) is 7.73. The fraction of sp³-hybridized carbons (Fsp3) is 0.467. The van der Waals surface area contributed by atoms with Crippen LogP contribution in [0.2, 0.25) is 0 Å². The summed E-state index contributed by atoms with van der Waals surface area (Å²) in [7, 11) is 0. The number of amides is 2. The molecule has 0 aromatic heterocycles. The van der Waals surface area contributed by atoms with E-state index in [1.165, 1.54) is 0 Å². The fourth-order valence-corrected chi connectivity index (χ4v) is 2.55. The first-order valence-electron chi connectivity index (χ1n) is 6.94. The third-order valence-corrected chi connectivity index (χ3v) is 4.01. The van der Waals surface area contributed by atoms with E-state index in [2.05, 4.69) is 28.2 Å². The van der Waals surface area contributed by atoms with Crippen LogP contribution in [0.1, 0.15) is 26.2 Å². The summed E-state index contributed by atoms with van der Waals surface area (Å²) in [4.78, 5) is 25.8. The normalized spacial score (nSPS) is 18.4. The number of anilines is 1. The monoisotopic (exact) mass is 338 g/mol. The highest BCUT2D eigenvalue weighted by molar-refractivity contribution is 9.10. The van der Waals surface area contributed by atoms with Crippen molar-refractivity contribution in [2.75, 3.05) is 18.4 Å². The smallest absolute Gasteiger partial charge is 0.229 e. The predicted octanol–water partition coefficient (Wildman–Crippen LogP) is 3.04. The zero-order chi connectivity index (χ0) is 14.5. The first-order chi connectivity index (χ1) is 9.60. The molecule has 1 aliphatic rings. The maximum Gasteiger partial charge on any atom is 0.229 e. The molecule has 1 aliphatic heterocycles. The highest BCUT2D eigenvalue weighted by Crippen LogP contribution is 2.21. The minimum Gasteiger partial charge on any atom is -0.342 e. The van der Waals surface area contributed by atoms with Gasteiger partial charge in [0.2, 0.25) is 11.8 Å². The number of carbonyl (C=O) groups excluding carboxylic acids is 2. The highest BCUT2D eigenvalue weighted by Gasteiger charge is 2.33. The SMILES string of the molecule is CCCCN1C[C@H](C(=O)Nc2ccc(Br)cc2)CC1=O. The van der Waals surface area contributed by atoms with E-state index in [-0.39, 0.29) is 17.7 Å². The van der Waals surface area contributed by atoms with E-state index in [9.17, 15) is 9.59 Å².